The van der Waals surface area contributed by atoms with Crippen LogP contribution in [0.5, 0.6) is 5.75 Å². The molecule has 2 aliphatic rings. The van der Waals surface area contributed by atoms with Crippen molar-refractivity contribution in [1.29, 1.82) is 0 Å². The molecule has 2 amide bonds. The maximum atomic E-state index is 12.4. The van der Waals surface area contributed by atoms with E-state index in [0.717, 1.165) is 19.3 Å². The highest BCUT2D eigenvalue weighted by atomic mass is 16.6. The molecule has 4 heterocycles. The van der Waals surface area contributed by atoms with Gasteiger partial charge in [-0.05, 0) is 52.2 Å². The van der Waals surface area contributed by atoms with Crippen molar-refractivity contribution in [3.63, 3.8) is 0 Å². The molecule has 0 spiro atoms. The van der Waals surface area contributed by atoms with Crippen molar-refractivity contribution in [2.24, 2.45) is 13.0 Å². The number of imidazole rings is 1. The van der Waals surface area contributed by atoms with Gasteiger partial charge in [-0.3, -0.25) is 9.48 Å². The Labute approximate surface area is 197 Å². The number of fused-ring (bicyclic) bond motifs is 1. The topological polar surface area (TPSA) is 116 Å². The van der Waals surface area contributed by atoms with Gasteiger partial charge in [-0.25, -0.2) is 14.3 Å². The number of carbonyl (C=O) groups is 2. The fourth-order valence-corrected chi connectivity index (χ4v) is 3.82. The first-order chi connectivity index (χ1) is 16.2. The van der Waals surface area contributed by atoms with Crippen molar-refractivity contribution in [3.8, 4) is 17.1 Å². The summed E-state index contributed by atoms with van der Waals surface area (Å²) in [6.07, 6.45) is 5.73. The van der Waals surface area contributed by atoms with E-state index in [0.29, 0.717) is 41.8 Å². The molecule has 180 valence electrons. The number of nitrogens with zero attached hydrogens (tertiary/aromatic N) is 6. The van der Waals surface area contributed by atoms with Crippen molar-refractivity contribution in [2.45, 2.75) is 51.7 Å². The van der Waals surface area contributed by atoms with Crippen LogP contribution in [0, 0.1) is 5.92 Å². The molecule has 34 heavy (non-hydrogen) atoms. The van der Waals surface area contributed by atoms with Crippen LogP contribution in [0.1, 0.15) is 40.0 Å². The summed E-state index contributed by atoms with van der Waals surface area (Å²) in [5.74, 6) is 1.16. The number of rotatable bonds is 6. The lowest BCUT2D eigenvalue weighted by molar-refractivity contribution is -0.117. The van der Waals surface area contributed by atoms with Gasteiger partial charge in [0.25, 0.3) is 0 Å². The normalized spacial score (nSPS) is 18.0. The van der Waals surface area contributed by atoms with E-state index in [-0.39, 0.29) is 24.0 Å². The van der Waals surface area contributed by atoms with Crippen LogP contribution < -0.4 is 10.1 Å². The summed E-state index contributed by atoms with van der Waals surface area (Å²) in [5, 5.41) is 11.8. The molecule has 11 nitrogen and oxygen atoms in total. The minimum atomic E-state index is -0.535. The molecule has 3 aromatic rings. The van der Waals surface area contributed by atoms with Gasteiger partial charge in [-0.1, -0.05) is 0 Å². The lowest BCUT2D eigenvalue weighted by Gasteiger charge is -2.40. The summed E-state index contributed by atoms with van der Waals surface area (Å²) >= 11 is 0. The minimum absolute atomic E-state index is 0.00219. The van der Waals surface area contributed by atoms with Crippen LogP contribution in [0.2, 0.25) is 0 Å². The fourth-order valence-electron chi connectivity index (χ4n) is 3.82. The highest BCUT2D eigenvalue weighted by molar-refractivity contribution is 5.93. The van der Waals surface area contributed by atoms with E-state index in [1.165, 1.54) is 0 Å². The number of amides is 2. The zero-order valence-corrected chi connectivity index (χ0v) is 19.8. The maximum Gasteiger partial charge on any atom is 0.410 e. The number of nitrogens with one attached hydrogen (secondary N) is 1. The molecule has 1 saturated carbocycles. The average molecular weight is 468 g/mol. The number of aromatic nitrogens is 5. The third-order valence-electron chi connectivity index (χ3n) is 5.87. The quantitative estimate of drug-likeness (QED) is 0.593. The molecule has 0 aromatic carbocycles. The van der Waals surface area contributed by atoms with E-state index in [9.17, 15) is 9.59 Å². The second-order valence-electron chi connectivity index (χ2n) is 9.82. The van der Waals surface area contributed by atoms with Crippen molar-refractivity contribution in [2.75, 3.05) is 18.5 Å². The third-order valence-corrected chi connectivity index (χ3v) is 5.87. The lowest BCUT2D eigenvalue weighted by atomic mass is 10.1. The van der Waals surface area contributed by atoms with E-state index in [1.54, 1.807) is 26.5 Å². The fraction of sp³-hybridized carbons (Fsp3) is 0.522. The highest BCUT2D eigenvalue weighted by Crippen LogP contribution is 2.31. The van der Waals surface area contributed by atoms with E-state index in [2.05, 4.69) is 20.5 Å². The summed E-state index contributed by atoms with van der Waals surface area (Å²) in [6, 6.07) is 3.63. The zero-order chi connectivity index (χ0) is 24.0. The van der Waals surface area contributed by atoms with Crippen molar-refractivity contribution < 1.29 is 19.1 Å². The number of hydrogen-bond donors (Lipinski definition) is 1. The van der Waals surface area contributed by atoms with Gasteiger partial charge >= 0.3 is 6.09 Å². The molecule has 5 rings (SSSR count). The third kappa shape index (κ3) is 4.55. The molecule has 1 aliphatic heterocycles. The first-order valence-electron chi connectivity index (χ1n) is 11.5. The van der Waals surface area contributed by atoms with Crippen LogP contribution in [0.15, 0.2) is 24.5 Å². The number of hydrogen-bond acceptors (Lipinski definition) is 7. The second kappa shape index (κ2) is 8.30. The summed E-state index contributed by atoms with van der Waals surface area (Å²) in [4.78, 5) is 30.5. The van der Waals surface area contributed by atoms with Crippen LogP contribution >= 0.6 is 0 Å². The number of anilines is 1. The molecule has 11 heteroatoms. The SMILES string of the molecule is Cn1ncc(OC[C@H]2CCN2C(=O)OC(C)(C)C)c1-c1ccc2nc(NC(=O)C3CC3)cn2n1. The molecule has 3 aromatic heterocycles. The van der Waals surface area contributed by atoms with Crippen LogP contribution in [0.25, 0.3) is 17.0 Å². The summed E-state index contributed by atoms with van der Waals surface area (Å²) < 4.78 is 14.9. The molecule has 1 aliphatic carbocycles. The van der Waals surface area contributed by atoms with Crippen molar-refractivity contribution >= 4 is 23.5 Å². The molecule has 2 fully saturated rings. The number of carbonyl (C=O) groups excluding carboxylic acids is 2. The van der Waals surface area contributed by atoms with Crippen LogP contribution in [0.4, 0.5) is 10.6 Å². The largest absolute Gasteiger partial charge is 0.487 e. The predicted octanol–water partition coefficient (Wildman–Crippen LogP) is 2.87. The molecule has 1 saturated heterocycles. The van der Waals surface area contributed by atoms with Gasteiger partial charge in [0.05, 0.1) is 18.4 Å². The number of likely N-dealkylation sites (tertiary alicyclic amines) is 1. The number of ether oxygens (including phenoxy) is 2. The Morgan fingerprint density at radius 1 is 1.21 bits per heavy atom. The lowest BCUT2D eigenvalue weighted by Crippen LogP contribution is -2.55. The van der Waals surface area contributed by atoms with Gasteiger partial charge in [0.15, 0.2) is 17.2 Å². The molecular weight excluding hydrogens is 438 g/mol. The Morgan fingerprint density at radius 2 is 2.00 bits per heavy atom. The first-order valence-corrected chi connectivity index (χ1v) is 11.5. The Kier molecular flexibility index (Phi) is 5.41. The van der Waals surface area contributed by atoms with Crippen LogP contribution in [-0.2, 0) is 16.6 Å². The van der Waals surface area contributed by atoms with E-state index < -0.39 is 5.60 Å². The predicted molar refractivity (Wildman–Crippen MR) is 123 cm³/mol. The van der Waals surface area contributed by atoms with Gasteiger partial charge < -0.3 is 19.7 Å². The van der Waals surface area contributed by atoms with E-state index >= 15 is 0 Å². The molecule has 0 bridgehead atoms. The first kappa shape index (κ1) is 22.2. The van der Waals surface area contributed by atoms with Gasteiger partial charge in [0, 0.05) is 19.5 Å². The van der Waals surface area contributed by atoms with Gasteiger partial charge in [0.1, 0.15) is 23.6 Å². The molecule has 0 unspecified atom stereocenters. The Hall–Kier alpha value is -3.63. The van der Waals surface area contributed by atoms with Crippen molar-refractivity contribution in [1.82, 2.24) is 29.3 Å². The number of aryl methyl sites for hydroxylation is 1. The van der Waals surface area contributed by atoms with Gasteiger partial charge in [0.2, 0.25) is 5.91 Å². The minimum Gasteiger partial charge on any atom is -0.487 e. The Morgan fingerprint density at radius 3 is 2.68 bits per heavy atom. The highest BCUT2D eigenvalue weighted by Gasteiger charge is 2.36. The molecule has 1 atom stereocenters. The zero-order valence-electron chi connectivity index (χ0n) is 19.8. The van der Waals surface area contributed by atoms with Gasteiger partial charge in [-0.15, -0.1) is 0 Å². The maximum absolute atomic E-state index is 12.4. The molecule has 0 radical (unpaired) electrons. The summed E-state index contributed by atoms with van der Waals surface area (Å²) in [6.45, 7) is 6.55. The van der Waals surface area contributed by atoms with E-state index in [4.69, 9.17) is 9.47 Å². The summed E-state index contributed by atoms with van der Waals surface area (Å²) in [7, 11) is 1.82. The molecule has 1 N–H and O–H groups in total. The van der Waals surface area contributed by atoms with Gasteiger partial charge in [-0.2, -0.15) is 10.2 Å². The molecular formula is C23H29N7O4. The smallest absolute Gasteiger partial charge is 0.410 e. The Balaban J connectivity index is 1.29. The van der Waals surface area contributed by atoms with E-state index in [1.807, 2.05) is 40.0 Å². The van der Waals surface area contributed by atoms with Crippen molar-refractivity contribution in [3.05, 3.63) is 24.5 Å². The monoisotopic (exact) mass is 467 g/mol. The summed E-state index contributed by atoms with van der Waals surface area (Å²) in [5.41, 5.74) is 1.45. The second-order valence-corrected chi connectivity index (χ2v) is 9.82. The van der Waals surface area contributed by atoms with Crippen LogP contribution in [-0.4, -0.2) is 66.1 Å². The standard InChI is InChI=1S/C23H29N7O4/c1-23(2,3)34-22(32)29-10-9-15(29)13-33-17-11-24-28(4)20(17)16-7-8-19-25-18(12-30(19)27-16)26-21(31)14-5-6-14/h7-8,11-12,14-15H,5-6,9-10,13H2,1-4H3,(H,26,31)/t15-/m1/s1. The average Bonchev–Trinajstić information content (AvgIpc) is 3.41. The Bertz CT molecular complexity index is 1240. The van der Waals surface area contributed by atoms with Crippen LogP contribution in [0.3, 0.4) is 0 Å².